The van der Waals surface area contributed by atoms with Crippen LogP contribution in [0.1, 0.15) is 37.4 Å². The van der Waals surface area contributed by atoms with Crippen molar-refractivity contribution in [1.82, 2.24) is 4.31 Å². The number of fused-ring (bicyclic) bond motifs is 4. The molecule has 0 unspecified atom stereocenters. The number of benzene rings is 2. The largest absolute Gasteiger partial charge is 0.504 e. The molecule has 6 nitrogen and oxygen atoms in total. The number of para-hydroxylation sites is 1. The van der Waals surface area contributed by atoms with E-state index >= 15 is 0 Å². The molecule has 0 aromatic heterocycles. The first kappa shape index (κ1) is 19.8. The van der Waals surface area contributed by atoms with Crippen molar-refractivity contribution >= 4 is 10.0 Å². The van der Waals surface area contributed by atoms with Crippen molar-refractivity contribution in [2.45, 2.75) is 42.3 Å². The number of hydrogen-bond acceptors (Lipinski definition) is 5. The van der Waals surface area contributed by atoms with Crippen LogP contribution < -0.4 is 4.74 Å². The van der Waals surface area contributed by atoms with Crippen molar-refractivity contribution in [2.75, 3.05) is 19.7 Å². The van der Waals surface area contributed by atoms with E-state index in [-0.39, 0.29) is 22.7 Å². The second-order valence-corrected chi connectivity index (χ2v) is 10.2. The van der Waals surface area contributed by atoms with Crippen LogP contribution in [-0.4, -0.2) is 43.1 Å². The van der Waals surface area contributed by atoms with E-state index in [0.717, 1.165) is 30.5 Å². The molecule has 2 aromatic rings. The molecule has 1 spiro atoms. The lowest BCUT2D eigenvalue weighted by molar-refractivity contribution is -0.146. The second-order valence-electron chi connectivity index (χ2n) is 8.26. The van der Waals surface area contributed by atoms with Gasteiger partial charge in [-0.1, -0.05) is 12.1 Å². The van der Waals surface area contributed by atoms with E-state index in [1.807, 2.05) is 6.07 Å². The number of piperidine rings is 1. The Kier molecular flexibility index (Phi) is 4.76. The Morgan fingerprint density at radius 3 is 2.57 bits per heavy atom. The SMILES string of the molecule is O=S(=O)(c1ccc(F)cc1)N1CCC2(CC1)Oc1c(O)cccc1[C@H]1OCCC[C@@H]12. The highest BCUT2D eigenvalue weighted by Gasteiger charge is 2.53. The quantitative estimate of drug-likeness (QED) is 0.783. The summed E-state index contributed by atoms with van der Waals surface area (Å²) in [6.45, 7) is 1.26. The molecule has 0 radical (unpaired) electrons. The fourth-order valence-electron chi connectivity index (χ4n) is 5.12. The van der Waals surface area contributed by atoms with Crippen LogP contribution in [0.4, 0.5) is 4.39 Å². The fourth-order valence-corrected chi connectivity index (χ4v) is 6.56. The number of aromatic hydroxyl groups is 1. The number of sulfonamides is 1. The minimum atomic E-state index is -3.70. The fraction of sp³-hybridized carbons (Fsp3) is 0.455. The highest BCUT2D eigenvalue weighted by Crippen LogP contribution is 2.55. The Bertz CT molecular complexity index is 1050. The van der Waals surface area contributed by atoms with Crippen LogP contribution in [0.5, 0.6) is 11.5 Å². The lowest BCUT2D eigenvalue weighted by atomic mass is 9.70. The van der Waals surface area contributed by atoms with Crippen LogP contribution in [0.2, 0.25) is 0 Å². The molecule has 0 amide bonds. The Morgan fingerprint density at radius 1 is 1.10 bits per heavy atom. The summed E-state index contributed by atoms with van der Waals surface area (Å²) in [5.74, 6) is 0.177. The molecule has 3 aliphatic rings. The van der Waals surface area contributed by atoms with Crippen molar-refractivity contribution in [3.8, 4) is 11.5 Å². The van der Waals surface area contributed by atoms with E-state index < -0.39 is 21.4 Å². The zero-order chi connectivity index (χ0) is 20.9. The van der Waals surface area contributed by atoms with E-state index in [0.29, 0.717) is 38.3 Å². The number of halogens is 1. The van der Waals surface area contributed by atoms with Crippen LogP contribution in [0.3, 0.4) is 0 Å². The molecule has 2 aromatic carbocycles. The summed E-state index contributed by atoms with van der Waals surface area (Å²) >= 11 is 0. The first-order valence-electron chi connectivity index (χ1n) is 10.3. The summed E-state index contributed by atoms with van der Waals surface area (Å²) in [5, 5.41) is 10.4. The minimum Gasteiger partial charge on any atom is -0.504 e. The van der Waals surface area contributed by atoms with Crippen molar-refractivity contribution in [2.24, 2.45) is 5.92 Å². The second kappa shape index (κ2) is 7.21. The third kappa shape index (κ3) is 3.09. The number of phenolic OH excluding ortho intramolecular Hbond substituents is 1. The van der Waals surface area contributed by atoms with Crippen LogP contribution in [0.15, 0.2) is 47.4 Å². The molecule has 0 aliphatic carbocycles. The first-order valence-corrected chi connectivity index (χ1v) is 11.7. The molecule has 2 atom stereocenters. The van der Waals surface area contributed by atoms with Crippen molar-refractivity contribution < 1.29 is 27.4 Å². The van der Waals surface area contributed by atoms with Crippen LogP contribution in [-0.2, 0) is 14.8 Å². The number of nitrogens with zero attached hydrogens (tertiary/aromatic N) is 1. The number of hydrogen-bond donors (Lipinski definition) is 1. The van der Waals surface area contributed by atoms with E-state index in [1.54, 1.807) is 12.1 Å². The Labute approximate surface area is 175 Å². The smallest absolute Gasteiger partial charge is 0.243 e. The standard InChI is InChI=1S/C22H24FNO5S/c23-15-6-8-16(9-7-15)30(26,27)24-12-10-22(11-13-24)18-4-2-14-28-20(18)17-3-1-5-19(25)21(17)29-22/h1,3,5-9,18,20,25H,2,4,10-14H2/t18-,20+/m0/s1. The van der Waals surface area contributed by atoms with E-state index in [4.69, 9.17) is 9.47 Å². The van der Waals surface area contributed by atoms with Gasteiger partial charge in [0.25, 0.3) is 0 Å². The zero-order valence-corrected chi connectivity index (χ0v) is 17.3. The molecular formula is C22H24FNO5S. The topological polar surface area (TPSA) is 76.1 Å². The van der Waals surface area contributed by atoms with E-state index in [9.17, 15) is 17.9 Å². The Balaban J connectivity index is 1.43. The maximum absolute atomic E-state index is 13.2. The molecule has 3 aliphatic heterocycles. The van der Waals surface area contributed by atoms with Crippen molar-refractivity contribution in [1.29, 1.82) is 0 Å². The van der Waals surface area contributed by atoms with Crippen molar-refractivity contribution in [3.05, 3.63) is 53.8 Å². The lowest BCUT2D eigenvalue weighted by Gasteiger charge is -2.53. The van der Waals surface area contributed by atoms with Gasteiger partial charge in [-0.3, -0.25) is 0 Å². The summed E-state index contributed by atoms with van der Waals surface area (Å²) in [6, 6.07) is 10.2. The normalized spacial score (nSPS) is 25.9. The predicted molar refractivity (Wildman–Crippen MR) is 107 cm³/mol. The molecule has 30 heavy (non-hydrogen) atoms. The van der Waals surface area contributed by atoms with Gasteiger partial charge in [0.2, 0.25) is 10.0 Å². The summed E-state index contributed by atoms with van der Waals surface area (Å²) in [5.41, 5.74) is 0.290. The Morgan fingerprint density at radius 2 is 1.83 bits per heavy atom. The average Bonchev–Trinajstić information content (AvgIpc) is 2.76. The zero-order valence-electron chi connectivity index (χ0n) is 16.5. The van der Waals surface area contributed by atoms with Crippen molar-refractivity contribution in [3.63, 3.8) is 0 Å². The van der Waals surface area contributed by atoms with E-state index in [1.165, 1.54) is 16.4 Å². The van der Waals surface area contributed by atoms with Gasteiger partial charge in [-0.05, 0) is 43.2 Å². The molecular weight excluding hydrogens is 409 g/mol. The van der Waals surface area contributed by atoms with Gasteiger partial charge in [0.1, 0.15) is 11.4 Å². The molecule has 2 fully saturated rings. The third-order valence-electron chi connectivity index (χ3n) is 6.65. The average molecular weight is 434 g/mol. The first-order chi connectivity index (χ1) is 14.4. The molecule has 0 bridgehead atoms. The van der Waals surface area contributed by atoms with Gasteiger partial charge in [-0.2, -0.15) is 4.31 Å². The molecule has 8 heteroatoms. The maximum atomic E-state index is 13.2. The highest BCUT2D eigenvalue weighted by atomic mass is 32.2. The maximum Gasteiger partial charge on any atom is 0.243 e. The molecule has 1 N–H and O–H groups in total. The van der Waals surface area contributed by atoms with Crippen LogP contribution in [0.25, 0.3) is 0 Å². The van der Waals surface area contributed by atoms with E-state index in [2.05, 4.69) is 0 Å². The summed E-state index contributed by atoms with van der Waals surface area (Å²) in [4.78, 5) is 0.0891. The van der Waals surface area contributed by atoms with Gasteiger partial charge >= 0.3 is 0 Å². The van der Waals surface area contributed by atoms with Gasteiger partial charge in [0, 0.05) is 44.0 Å². The van der Waals surface area contributed by atoms with Crippen LogP contribution in [0, 0.1) is 11.7 Å². The minimum absolute atomic E-state index is 0.0841. The molecule has 160 valence electrons. The highest BCUT2D eigenvalue weighted by molar-refractivity contribution is 7.89. The molecule has 0 saturated carbocycles. The number of phenols is 1. The van der Waals surface area contributed by atoms with Gasteiger partial charge in [0.15, 0.2) is 11.5 Å². The monoisotopic (exact) mass is 433 g/mol. The van der Waals surface area contributed by atoms with Gasteiger partial charge < -0.3 is 14.6 Å². The summed E-state index contributed by atoms with van der Waals surface area (Å²) in [6.07, 6.45) is 2.72. The van der Waals surface area contributed by atoms with Crippen LogP contribution >= 0.6 is 0 Å². The number of rotatable bonds is 2. The number of ether oxygens (including phenoxy) is 2. The predicted octanol–water partition coefficient (Wildman–Crippen LogP) is 3.61. The van der Waals surface area contributed by atoms with Gasteiger partial charge in [0.05, 0.1) is 11.0 Å². The third-order valence-corrected chi connectivity index (χ3v) is 8.57. The summed E-state index contributed by atoms with van der Waals surface area (Å²) in [7, 11) is -3.70. The van der Waals surface area contributed by atoms with Gasteiger partial charge in [-0.25, -0.2) is 12.8 Å². The molecule has 3 heterocycles. The lowest BCUT2D eigenvalue weighted by Crippen LogP contribution is -2.57. The molecule has 5 rings (SSSR count). The van der Waals surface area contributed by atoms with Gasteiger partial charge in [-0.15, -0.1) is 0 Å². The molecule has 2 saturated heterocycles. The summed E-state index contributed by atoms with van der Waals surface area (Å²) < 4.78 is 53.2. The Hall–Kier alpha value is -2.16.